The monoisotopic (exact) mass is 377 g/mol. The van der Waals surface area contributed by atoms with Gasteiger partial charge in [0.25, 0.3) is 0 Å². The molecule has 0 fully saturated rings. The lowest BCUT2D eigenvalue weighted by molar-refractivity contribution is 0.560. The molecule has 0 aliphatic rings. The van der Waals surface area contributed by atoms with Gasteiger partial charge in [-0.15, -0.1) is 11.3 Å². The Morgan fingerprint density at radius 3 is 2.55 bits per heavy atom. The van der Waals surface area contributed by atoms with E-state index in [0.717, 1.165) is 10.4 Å². The van der Waals surface area contributed by atoms with Crippen molar-refractivity contribution in [3.05, 3.63) is 44.9 Å². The summed E-state index contributed by atoms with van der Waals surface area (Å²) in [5, 5.41) is 7.09. The van der Waals surface area contributed by atoms with Crippen molar-refractivity contribution in [3.8, 4) is 0 Å². The summed E-state index contributed by atoms with van der Waals surface area (Å²) in [6.45, 7) is 3.75. The van der Waals surface area contributed by atoms with Crippen molar-refractivity contribution in [1.29, 1.82) is 0 Å². The molecule has 0 saturated heterocycles. The molecule has 0 bridgehead atoms. The van der Waals surface area contributed by atoms with E-state index in [-0.39, 0.29) is 5.92 Å². The number of nitrogens with two attached hydrogens (primary N) is 2. The second kappa shape index (κ2) is 6.84. The van der Waals surface area contributed by atoms with Crippen LogP contribution in [0.1, 0.15) is 36.6 Å². The van der Waals surface area contributed by atoms with Crippen LogP contribution >= 0.6 is 34.5 Å². The minimum atomic E-state index is -1.45. The lowest BCUT2D eigenvalue weighted by Crippen LogP contribution is -2.33. The fourth-order valence-corrected chi connectivity index (χ4v) is 3.60. The molecule has 4 nitrogen and oxygen atoms in total. The number of hydrogen-bond acceptors (Lipinski definition) is 4. The summed E-state index contributed by atoms with van der Waals surface area (Å²) in [6.07, 6.45) is 2.32. The molecule has 1 heterocycles. The van der Waals surface area contributed by atoms with Crippen LogP contribution in [0.15, 0.2) is 24.4 Å². The Labute approximate surface area is 146 Å². The van der Waals surface area contributed by atoms with Gasteiger partial charge in [-0.1, -0.05) is 29.3 Å². The Kier molecular flexibility index (Phi) is 5.50. The van der Waals surface area contributed by atoms with Crippen LogP contribution in [-0.2, 0) is 11.0 Å². The van der Waals surface area contributed by atoms with Crippen molar-refractivity contribution in [2.45, 2.75) is 30.9 Å². The molecule has 4 N–H and O–H groups in total. The minimum Gasteiger partial charge on any atom is -0.375 e. The maximum absolute atomic E-state index is 11.8. The molecule has 0 saturated carbocycles. The van der Waals surface area contributed by atoms with Crippen LogP contribution < -0.4 is 10.9 Å². The molecule has 1 aromatic carbocycles. The molecule has 1 unspecified atom stereocenters. The number of halogens is 2. The average Bonchev–Trinajstić information content (AvgIpc) is 2.85. The van der Waals surface area contributed by atoms with Gasteiger partial charge in [0, 0.05) is 17.0 Å². The highest BCUT2D eigenvalue weighted by Gasteiger charge is 2.30. The van der Waals surface area contributed by atoms with Crippen LogP contribution in [0.5, 0.6) is 0 Å². The number of nitrogen functional groups attached to an aromatic ring is 1. The molecule has 2 rings (SSSR count). The van der Waals surface area contributed by atoms with Crippen molar-refractivity contribution >= 4 is 50.7 Å². The Morgan fingerprint density at radius 2 is 2.05 bits per heavy atom. The number of nitrogens with zero attached hydrogens (tertiary/aromatic N) is 1. The van der Waals surface area contributed by atoms with E-state index in [4.69, 9.17) is 34.1 Å². The van der Waals surface area contributed by atoms with Crippen molar-refractivity contribution in [2.75, 3.05) is 5.73 Å². The summed E-state index contributed by atoms with van der Waals surface area (Å²) < 4.78 is 11.2. The smallest absolute Gasteiger partial charge is 0.180 e. The van der Waals surface area contributed by atoms with Gasteiger partial charge in [-0.3, -0.25) is 5.14 Å². The molecule has 1 aromatic heterocycles. The van der Waals surface area contributed by atoms with Gasteiger partial charge in [-0.25, -0.2) is 9.19 Å². The van der Waals surface area contributed by atoms with Crippen LogP contribution in [0.25, 0.3) is 0 Å². The third kappa shape index (κ3) is 4.00. The number of anilines is 1. The third-order valence-electron chi connectivity index (χ3n) is 3.47. The summed E-state index contributed by atoms with van der Waals surface area (Å²) in [4.78, 5) is 5.09. The Hall–Kier alpha value is -0.660. The number of hydrogen-bond donors (Lipinski definition) is 2. The molecule has 2 atom stereocenters. The van der Waals surface area contributed by atoms with E-state index < -0.39 is 15.7 Å². The average molecular weight is 378 g/mol. The predicted molar refractivity (Wildman–Crippen MR) is 95.9 cm³/mol. The SMILES string of the molecule is CC(C)(C[C@H](c1ccc(Cl)c(Cl)c1)c1cnc(N)s1)S(N)=O. The van der Waals surface area contributed by atoms with Gasteiger partial charge in [0.1, 0.15) is 0 Å². The first-order valence-electron chi connectivity index (χ1n) is 6.53. The van der Waals surface area contributed by atoms with Crippen LogP contribution in [0.4, 0.5) is 5.13 Å². The minimum absolute atomic E-state index is 0.0490. The zero-order valence-electron chi connectivity index (χ0n) is 12.2. The lowest BCUT2D eigenvalue weighted by Gasteiger charge is -2.27. The van der Waals surface area contributed by atoms with Crippen molar-refractivity contribution in [3.63, 3.8) is 0 Å². The summed E-state index contributed by atoms with van der Waals surface area (Å²) in [5.74, 6) is -0.0490. The summed E-state index contributed by atoms with van der Waals surface area (Å²) in [5.41, 5.74) is 6.72. The normalized spacial score (nSPS) is 14.8. The van der Waals surface area contributed by atoms with Crippen LogP contribution in [0.2, 0.25) is 10.0 Å². The second-order valence-electron chi connectivity index (χ2n) is 5.59. The highest BCUT2D eigenvalue weighted by molar-refractivity contribution is 7.84. The molecule has 0 aliphatic carbocycles. The van der Waals surface area contributed by atoms with E-state index >= 15 is 0 Å². The van der Waals surface area contributed by atoms with Gasteiger partial charge in [-0.05, 0) is 38.0 Å². The molecular formula is C14H17Cl2N3OS2. The highest BCUT2D eigenvalue weighted by Crippen LogP contribution is 2.39. The van der Waals surface area contributed by atoms with E-state index in [0.29, 0.717) is 21.6 Å². The van der Waals surface area contributed by atoms with Gasteiger partial charge in [0.05, 0.1) is 25.8 Å². The molecule has 0 amide bonds. The van der Waals surface area contributed by atoms with Gasteiger partial charge in [-0.2, -0.15) is 0 Å². The van der Waals surface area contributed by atoms with Gasteiger partial charge in [0.15, 0.2) is 5.13 Å². The largest absolute Gasteiger partial charge is 0.375 e. The number of thiazole rings is 1. The van der Waals surface area contributed by atoms with E-state index in [1.165, 1.54) is 11.3 Å². The lowest BCUT2D eigenvalue weighted by atomic mass is 9.89. The Balaban J connectivity index is 2.45. The molecule has 22 heavy (non-hydrogen) atoms. The van der Waals surface area contributed by atoms with Crippen LogP contribution in [-0.4, -0.2) is 13.9 Å². The van der Waals surface area contributed by atoms with Crippen molar-refractivity contribution in [1.82, 2.24) is 4.98 Å². The molecular weight excluding hydrogens is 361 g/mol. The quantitative estimate of drug-likeness (QED) is 0.826. The van der Waals surface area contributed by atoms with E-state index in [1.54, 1.807) is 12.3 Å². The van der Waals surface area contributed by atoms with Crippen LogP contribution in [0.3, 0.4) is 0 Å². The number of benzene rings is 1. The summed E-state index contributed by atoms with van der Waals surface area (Å²) in [6, 6.07) is 5.48. The fourth-order valence-electron chi connectivity index (χ4n) is 2.15. The Bertz CT molecular complexity index is 703. The zero-order valence-corrected chi connectivity index (χ0v) is 15.3. The molecule has 2 aromatic rings. The molecule has 120 valence electrons. The zero-order chi connectivity index (χ0) is 16.5. The van der Waals surface area contributed by atoms with Crippen molar-refractivity contribution < 1.29 is 4.21 Å². The van der Waals surface area contributed by atoms with E-state index in [9.17, 15) is 4.21 Å². The molecule has 0 spiro atoms. The highest BCUT2D eigenvalue weighted by atomic mass is 35.5. The van der Waals surface area contributed by atoms with Crippen LogP contribution in [0, 0.1) is 0 Å². The topological polar surface area (TPSA) is 82.0 Å². The van der Waals surface area contributed by atoms with E-state index in [2.05, 4.69) is 4.98 Å². The van der Waals surface area contributed by atoms with Gasteiger partial charge in [0.2, 0.25) is 0 Å². The molecule has 0 aliphatic heterocycles. The predicted octanol–water partition coefficient (Wildman–Crippen LogP) is 3.96. The first-order chi connectivity index (χ1) is 10.2. The number of rotatable bonds is 5. The molecule has 8 heteroatoms. The standard InChI is InChI=1S/C14H17Cl2N3OS2/c1-14(2,22(18)20)6-9(12-7-19-13(17)21-12)8-3-4-10(15)11(16)5-8/h3-5,7,9H,6,18H2,1-2H3,(H2,17,19)/t9-,22?/m1/s1. The molecule has 0 radical (unpaired) electrons. The van der Waals surface area contributed by atoms with E-state index in [1.807, 2.05) is 26.0 Å². The van der Waals surface area contributed by atoms with Gasteiger partial charge < -0.3 is 5.73 Å². The third-order valence-corrected chi connectivity index (χ3v) is 6.41. The maximum Gasteiger partial charge on any atom is 0.180 e. The van der Waals surface area contributed by atoms with Crippen molar-refractivity contribution in [2.24, 2.45) is 5.14 Å². The van der Waals surface area contributed by atoms with Gasteiger partial charge >= 0.3 is 0 Å². The maximum atomic E-state index is 11.8. The fraction of sp³-hybridized carbons (Fsp3) is 0.357. The second-order valence-corrected chi connectivity index (χ2v) is 9.20. The first kappa shape index (κ1) is 17.7. The Morgan fingerprint density at radius 1 is 1.36 bits per heavy atom. The first-order valence-corrected chi connectivity index (χ1v) is 9.31. The summed E-state index contributed by atoms with van der Waals surface area (Å²) in [7, 11) is -1.45. The summed E-state index contributed by atoms with van der Waals surface area (Å²) >= 11 is 13.5. The number of aromatic nitrogens is 1.